The minimum atomic E-state index is -1.03. The first kappa shape index (κ1) is 17.6. The van der Waals surface area contributed by atoms with Gasteiger partial charge in [0.05, 0.1) is 31.4 Å². The van der Waals surface area contributed by atoms with E-state index >= 15 is 0 Å². The van der Waals surface area contributed by atoms with Gasteiger partial charge in [0.15, 0.2) is 0 Å². The number of aromatic nitrogens is 1. The number of pyridine rings is 1. The number of nitrogens with one attached hydrogen (secondary N) is 1. The fourth-order valence-electron chi connectivity index (χ4n) is 2.80. The molecule has 2 N–H and O–H groups in total. The Balaban J connectivity index is 1.67. The summed E-state index contributed by atoms with van der Waals surface area (Å²) in [6, 6.07) is 5.32. The lowest BCUT2D eigenvalue weighted by Gasteiger charge is -2.29. The molecular weight excluding hydrogens is 348 g/mol. The molecule has 1 saturated heterocycles. The maximum absolute atomic E-state index is 10.7. The summed E-state index contributed by atoms with van der Waals surface area (Å²) in [6.07, 6.45) is 1.82. The fourth-order valence-corrected chi connectivity index (χ4v) is 3.00. The van der Waals surface area contributed by atoms with Gasteiger partial charge in [0.2, 0.25) is 0 Å². The Kier molecular flexibility index (Phi) is 5.45. The third kappa shape index (κ3) is 4.24. The molecule has 1 aliphatic rings. The summed E-state index contributed by atoms with van der Waals surface area (Å²) >= 11 is 6.25. The quantitative estimate of drug-likeness (QED) is 0.845. The second kappa shape index (κ2) is 7.76. The molecule has 0 radical (unpaired) electrons. The van der Waals surface area contributed by atoms with Crippen molar-refractivity contribution < 1.29 is 24.1 Å². The number of rotatable bonds is 5. The molecule has 2 aromatic rings. The molecule has 0 aliphatic carbocycles. The largest absolute Gasteiger partial charge is 0.497 e. The Labute approximate surface area is 149 Å². The van der Waals surface area contributed by atoms with Crippen LogP contribution in [0.3, 0.4) is 0 Å². The molecule has 1 aromatic heterocycles. The van der Waals surface area contributed by atoms with Crippen LogP contribution in [0.15, 0.2) is 24.4 Å². The van der Waals surface area contributed by atoms with Gasteiger partial charge in [-0.2, -0.15) is 0 Å². The van der Waals surface area contributed by atoms with E-state index in [1.54, 1.807) is 13.3 Å². The minimum absolute atomic E-state index is 0.114. The topological polar surface area (TPSA) is 89.9 Å². The Morgan fingerprint density at radius 3 is 3.00 bits per heavy atom. The molecule has 0 saturated carbocycles. The number of hydrogen-bond donors (Lipinski definition) is 2. The van der Waals surface area contributed by atoms with Crippen molar-refractivity contribution in [1.29, 1.82) is 0 Å². The van der Waals surface area contributed by atoms with Gasteiger partial charge >= 0.3 is 6.09 Å². The van der Waals surface area contributed by atoms with Crippen molar-refractivity contribution >= 4 is 28.6 Å². The lowest BCUT2D eigenvalue weighted by molar-refractivity contribution is -0.0249. The van der Waals surface area contributed by atoms with Crippen LogP contribution in [0.1, 0.15) is 12.8 Å². The predicted molar refractivity (Wildman–Crippen MR) is 92.7 cm³/mol. The zero-order valence-corrected chi connectivity index (χ0v) is 14.5. The molecule has 1 amide bonds. The molecule has 1 aliphatic heterocycles. The first-order valence-electron chi connectivity index (χ1n) is 7.93. The molecule has 134 valence electrons. The molecule has 2 heterocycles. The Morgan fingerprint density at radius 2 is 2.32 bits per heavy atom. The number of carboxylic acid groups (broad SMARTS) is 1. The van der Waals surface area contributed by atoms with Gasteiger partial charge in [-0.1, -0.05) is 11.6 Å². The number of nitrogens with zero attached hydrogens (tertiary/aromatic N) is 1. The van der Waals surface area contributed by atoms with Crippen molar-refractivity contribution in [3.8, 4) is 11.5 Å². The zero-order valence-electron chi connectivity index (χ0n) is 13.7. The number of amides is 1. The first-order valence-corrected chi connectivity index (χ1v) is 8.30. The SMILES string of the molecule is COc1ccc2ncc(Cl)c(OC[C@@H]3CC[C@@H](NC(=O)O)CO3)c2c1. The maximum atomic E-state index is 10.7. The van der Waals surface area contributed by atoms with E-state index in [4.69, 9.17) is 30.9 Å². The van der Waals surface area contributed by atoms with E-state index in [9.17, 15) is 4.79 Å². The van der Waals surface area contributed by atoms with Crippen LogP contribution in [0.2, 0.25) is 5.02 Å². The Morgan fingerprint density at radius 1 is 1.48 bits per heavy atom. The fraction of sp³-hybridized carbons (Fsp3) is 0.412. The van der Waals surface area contributed by atoms with Crippen molar-refractivity contribution in [2.45, 2.75) is 25.0 Å². The smallest absolute Gasteiger partial charge is 0.404 e. The van der Waals surface area contributed by atoms with Gasteiger partial charge in [-0.3, -0.25) is 4.98 Å². The summed E-state index contributed by atoms with van der Waals surface area (Å²) in [4.78, 5) is 14.9. The number of fused-ring (bicyclic) bond motifs is 1. The molecule has 8 heteroatoms. The van der Waals surface area contributed by atoms with Crippen LogP contribution in [0.25, 0.3) is 10.9 Å². The van der Waals surface area contributed by atoms with Gasteiger partial charge < -0.3 is 24.6 Å². The maximum Gasteiger partial charge on any atom is 0.404 e. The summed E-state index contributed by atoms with van der Waals surface area (Å²) in [7, 11) is 1.59. The third-order valence-electron chi connectivity index (χ3n) is 4.09. The molecule has 0 bridgehead atoms. The van der Waals surface area contributed by atoms with Gasteiger partial charge in [0, 0.05) is 11.6 Å². The molecule has 1 aromatic carbocycles. The first-order chi connectivity index (χ1) is 12.1. The summed E-state index contributed by atoms with van der Waals surface area (Å²) in [5.74, 6) is 1.23. The standard InChI is InChI=1S/C17H19ClN2O5/c1-23-11-4-5-15-13(6-11)16(14(18)7-19-15)25-9-12-3-2-10(8-24-12)20-17(21)22/h4-7,10,12,20H,2-3,8-9H2,1H3,(H,21,22)/t10-,12+/m1/s1. The van der Waals surface area contributed by atoms with Crippen molar-refractivity contribution in [3.63, 3.8) is 0 Å². The Hall–Kier alpha value is -2.25. The number of benzene rings is 1. The predicted octanol–water partition coefficient (Wildman–Crippen LogP) is 3.09. The third-order valence-corrected chi connectivity index (χ3v) is 4.36. The molecule has 25 heavy (non-hydrogen) atoms. The average Bonchev–Trinajstić information content (AvgIpc) is 2.61. The van der Waals surface area contributed by atoms with Gasteiger partial charge in [-0.25, -0.2) is 4.79 Å². The van der Waals surface area contributed by atoms with Crippen LogP contribution < -0.4 is 14.8 Å². The zero-order chi connectivity index (χ0) is 17.8. The normalized spacial score (nSPS) is 20.2. The van der Waals surface area contributed by atoms with Gasteiger partial charge in [0.1, 0.15) is 23.1 Å². The number of methoxy groups -OCH3 is 1. The summed E-state index contributed by atoms with van der Waals surface area (Å²) in [5, 5.41) is 12.4. The van der Waals surface area contributed by atoms with Crippen LogP contribution in [0, 0.1) is 0 Å². The van der Waals surface area contributed by atoms with Gasteiger partial charge in [-0.15, -0.1) is 0 Å². The van der Waals surface area contributed by atoms with Gasteiger partial charge in [-0.05, 0) is 31.0 Å². The van der Waals surface area contributed by atoms with Crippen LogP contribution in [0.4, 0.5) is 4.79 Å². The summed E-state index contributed by atoms with van der Waals surface area (Å²) in [6.45, 7) is 0.662. The summed E-state index contributed by atoms with van der Waals surface area (Å²) in [5.41, 5.74) is 0.760. The molecule has 3 rings (SSSR count). The lowest BCUT2D eigenvalue weighted by atomic mass is 10.1. The molecule has 2 atom stereocenters. The number of carbonyl (C=O) groups is 1. The molecule has 7 nitrogen and oxygen atoms in total. The van der Waals surface area contributed by atoms with Crippen LogP contribution in [0.5, 0.6) is 11.5 Å². The van der Waals surface area contributed by atoms with E-state index in [-0.39, 0.29) is 12.1 Å². The van der Waals surface area contributed by atoms with E-state index < -0.39 is 6.09 Å². The number of halogens is 1. The number of ether oxygens (including phenoxy) is 3. The molecule has 1 fully saturated rings. The van der Waals surface area contributed by atoms with Crippen molar-refractivity contribution in [2.75, 3.05) is 20.3 Å². The molecule has 0 spiro atoms. The number of hydrogen-bond acceptors (Lipinski definition) is 5. The highest BCUT2D eigenvalue weighted by Gasteiger charge is 2.24. The second-order valence-electron chi connectivity index (χ2n) is 5.81. The monoisotopic (exact) mass is 366 g/mol. The molecular formula is C17H19ClN2O5. The van der Waals surface area contributed by atoms with E-state index in [1.165, 1.54) is 0 Å². The second-order valence-corrected chi connectivity index (χ2v) is 6.22. The van der Waals surface area contributed by atoms with Crippen molar-refractivity contribution in [2.24, 2.45) is 0 Å². The van der Waals surface area contributed by atoms with E-state index in [0.29, 0.717) is 42.6 Å². The van der Waals surface area contributed by atoms with E-state index in [2.05, 4.69) is 10.3 Å². The van der Waals surface area contributed by atoms with Crippen molar-refractivity contribution in [3.05, 3.63) is 29.4 Å². The molecule has 0 unspecified atom stereocenters. The average molecular weight is 367 g/mol. The van der Waals surface area contributed by atoms with Crippen LogP contribution in [-0.4, -0.2) is 48.7 Å². The van der Waals surface area contributed by atoms with Crippen molar-refractivity contribution in [1.82, 2.24) is 10.3 Å². The van der Waals surface area contributed by atoms with Crippen LogP contribution in [-0.2, 0) is 4.74 Å². The lowest BCUT2D eigenvalue weighted by Crippen LogP contribution is -2.43. The van der Waals surface area contributed by atoms with E-state index in [0.717, 1.165) is 10.9 Å². The Bertz CT molecular complexity index is 762. The highest BCUT2D eigenvalue weighted by Crippen LogP contribution is 2.34. The van der Waals surface area contributed by atoms with Gasteiger partial charge in [0.25, 0.3) is 0 Å². The minimum Gasteiger partial charge on any atom is -0.497 e. The highest BCUT2D eigenvalue weighted by molar-refractivity contribution is 6.33. The highest BCUT2D eigenvalue weighted by atomic mass is 35.5. The van der Waals surface area contributed by atoms with E-state index in [1.807, 2.05) is 18.2 Å². The van der Waals surface area contributed by atoms with Crippen LogP contribution >= 0.6 is 11.6 Å². The summed E-state index contributed by atoms with van der Waals surface area (Å²) < 4.78 is 16.8.